The van der Waals surface area contributed by atoms with Crippen LogP contribution in [0.15, 0.2) is 71.6 Å². The Morgan fingerprint density at radius 3 is 2.21 bits per heavy atom. The number of rotatable bonds is 12. The van der Waals surface area contributed by atoms with Gasteiger partial charge < -0.3 is 15.0 Å². The first kappa shape index (κ1) is 32.6. The van der Waals surface area contributed by atoms with Crippen molar-refractivity contribution in [3.8, 4) is 5.75 Å². The third kappa shape index (κ3) is 8.02. The van der Waals surface area contributed by atoms with Crippen molar-refractivity contribution in [3.63, 3.8) is 0 Å². The highest BCUT2D eigenvalue weighted by atomic mass is 35.5. The molecule has 0 heterocycles. The average molecular weight is 647 g/mol. The zero-order valence-electron chi connectivity index (χ0n) is 24.6. The molecule has 43 heavy (non-hydrogen) atoms. The van der Waals surface area contributed by atoms with Crippen molar-refractivity contribution in [2.75, 3.05) is 18.0 Å². The van der Waals surface area contributed by atoms with Gasteiger partial charge in [-0.25, -0.2) is 8.42 Å². The normalized spacial score (nSPS) is 14.3. The van der Waals surface area contributed by atoms with Crippen LogP contribution in [0.4, 0.5) is 5.69 Å². The van der Waals surface area contributed by atoms with Crippen molar-refractivity contribution >= 4 is 50.7 Å². The van der Waals surface area contributed by atoms with Gasteiger partial charge in [-0.15, -0.1) is 0 Å². The number of nitrogens with zero attached hydrogens (tertiary/aromatic N) is 2. The van der Waals surface area contributed by atoms with Gasteiger partial charge in [0.2, 0.25) is 11.8 Å². The van der Waals surface area contributed by atoms with Crippen molar-refractivity contribution in [1.29, 1.82) is 0 Å². The van der Waals surface area contributed by atoms with E-state index in [0.717, 1.165) is 35.6 Å². The lowest BCUT2D eigenvalue weighted by Crippen LogP contribution is -2.53. The molecule has 230 valence electrons. The Kier molecular flexibility index (Phi) is 11.0. The Hall–Kier alpha value is -3.27. The molecule has 4 rings (SSSR count). The molecular weight excluding hydrogens is 609 g/mol. The molecule has 8 nitrogen and oxygen atoms in total. The molecule has 1 N–H and O–H groups in total. The zero-order valence-corrected chi connectivity index (χ0v) is 26.9. The molecule has 0 spiro atoms. The summed E-state index contributed by atoms with van der Waals surface area (Å²) in [7, 11) is -2.65. The third-order valence-electron chi connectivity index (χ3n) is 7.67. The number of sulfonamides is 1. The summed E-state index contributed by atoms with van der Waals surface area (Å²) in [6.45, 7) is 3.20. The summed E-state index contributed by atoms with van der Waals surface area (Å²) in [4.78, 5) is 29.3. The molecule has 1 aliphatic carbocycles. The number of benzene rings is 3. The molecule has 0 aromatic heterocycles. The number of nitrogens with one attached hydrogen (secondary N) is 1. The SMILES string of the molecule is CC[C@H](C(=O)NC1CCCC1)N(Cc1ccc(Cl)c(Cl)c1)C(=O)CN(c1ccc(OC)cc1)S(=O)(=O)c1ccc(C)cc1. The second kappa shape index (κ2) is 14.5. The molecule has 1 saturated carbocycles. The monoisotopic (exact) mass is 645 g/mol. The molecule has 2 amide bonds. The van der Waals surface area contributed by atoms with Gasteiger partial charge in [-0.3, -0.25) is 13.9 Å². The Morgan fingerprint density at radius 1 is 0.977 bits per heavy atom. The van der Waals surface area contributed by atoms with Crippen LogP contribution in [0.1, 0.15) is 50.2 Å². The first-order valence-corrected chi connectivity index (χ1v) is 16.5. The minimum atomic E-state index is -4.17. The number of halogens is 2. The highest BCUT2D eigenvalue weighted by Gasteiger charge is 2.34. The van der Waals surface area contributed by atoms with E-state index in [-0.39, 0.29) is 29.1 Å². The molecule has 0 radical (unpaired) electrons. The van der Waals surface area contributed by atoms with Crippen LogP contribution in [0.5, 0.6) is 5.75 Å². The summed E-state index contributed by atoms with van der Waals surface area (Å²) in [5, 5.41) is 3.79. The number of methoxy groups -OCH3 is 1. The summed E-state index contributed by atoms with van der Waals surface area (Å²) in [6, 6.07) is 17.1. The first-order chi connectivity index (χ1) is 20.5. The fourth-order valence-corrected chi connectivity index (χ4v) is 6.97. The van der Waals surface area contributed by atoms with E-state index in [2.05, 4.69) is 5.32 Å². The number of amides is 2. The van der Waals surface area contributed by atoms with Crippen LogP contribution in [-0.2, 0) is 26.2 Å². The highest BCUT2D eigenvalue weighted by molar-refractivity contribution is 7.92. The van der Waals surface area contributed by atoms with Gasteiger partial charge in [0, 0.05) is 12.6 Å². The molecule has 3 aromatic rings. The number of hydrogen-bond acceptors (Lipinski definition) is 5. The second-order valence-electron chi connectivity index (χ2n) is 10.7. The summed E-state index contributed by atoms with van der Waals surface area (Å²) < 4.78 is 34.4. The van der Waals surface area contributed by atoms with Gasteiger partial charge in [0.05, 0.1) is 27.7 Å². The van der Waals surface area contributed by atoms with E-state index in [1.54, 1.807) is 54.6 Å². The Bertz CT molecular complexity index is 1530. The van der Waals surface area contributed by atoms with E-state index in [0.29, 0.717) is 27.8 Å². The van der Waals surface area contributed by atoms with Gasteiger partial charge in [-0.1, -0.05) is 66.7 Å². The van der Waals surface area contributed by atoms with Crippen LogP contribution in [-0.4, -0.2) is 50.9 Å². The van der Waals surface area contributed by atoms with Crippen LogP contribution < -0.4 is 14.4 Å². The number of carbonyl (C=O) groups is 2. The van der Waals surface area contributed by atoms with E-state index < -0.39 is 28.5 Å². The van der Waals surface area contributed by atoms with E-state index >= 15 is 0 Å². The topological polar surface area (TPSA) is 96.0 Å². The molecule has 0 saturated heterocycles. The largest absolute Gasteiger partial charge is 0.497 e. The van der Waals surface area contributed by atoms with Crippen molar-refractivity contribution in [2.45, 2.75) is 69.5 Å². The standard InChI is InChI=1S/C32H37Cl2N3O5S/c1-4-30(32(39)35-24-7-5-6-8-24)36(20-23-11-18-28(33)29(34)19-23)31(38)21-37(25-12-14-26(42-3)15-13-25)43(40,41)27-16-9-22(2)10-17-27/h9-19,24,30H,4-8,20-21H2,1-3H3,(H,35,39)/t30-/m1/s1. The smallest absolute Gasteiger partial charge is 0.264 e. The van der Waals surface area contributed by atoms with Gasteiger partial charge in [-0.05, 0) is 80.3 Å². The molecule has 11 heteroatoms. The average Bonchev–Trinajstić information content (AvgIpc) is 3.50. The van der Waals surface area contributed by atoms with Crippen molar-refractivity contribution in [2.24, 2.45) is 0 Å². The lowest BCUT2D eigenvalue weighted by molar-refractivity contribution is -0.140. The fraction of sp³-hybridized carbons (Fsp3) is 0.375. The predicted molar refractivity (Wildman–Crippen MR) is 170 cm³/mol. The van der Waals surface area contributed by atoms with Gasteiger partial charge in [0.1, 0.15) is 18.3 Å². The molecule has 1 aliphatic rings. The maximum Gasteiger partial charge on any atom is 0.264 e. The van der Waals surface area contributed by atoms with Crippen LogP contribution in [0, 0.1) is 6.92 Å². The van der Waals surface area contributed by atoms with E-state index in [1.807, 2.05) is 13.8 Å². The molecule has 0 aliphatic heterocycles. The Morgan fingerprint density at radius 2 is 1.63 bits per heavy atom. The molecule has 3 aromatic carbocycles. The number of ether oxygens (including phenoxy) is 1. The number of anilines is 1. The van der Waals surface area contributed by atoms with Gasteiger partial charge in [-0.2, -0.15) is 0 Å². The van der Waals surface area contributed by atoms with Gasteiger partial charge >= 0.3 is 0 Å². The maximum atomic E-state index is 14.2. The van der Waals surface area contributed by atoms with E-state index in [1.165, 1.54) is 24.1 Å². The summed E-state index contributed by atoms with van der Waals surface area (Å²) in [5.74, 6) is -0.259. The van der Waals surface area contributed by atoms with Gasteiger partial charge in [0.15, 0.2) is 0 Å². The lowest BCUT2D eigenvalue weighted by atomic mass is 10.1. The minimum absolute atomic E-state index is 0.0351. The maximum absolute atomic E-state index is 14.2. The summed E-state index contributed by atoms with van der Waals surface area (Å²) >= 11 is 12.4. The van der Waals surface area contributed by atoms with Crippen LogP contribution in [0.25, 0.3) is 0 Å². The Labute approximate surface area is 264 Å². The summed E-state index contributed by atoms with van der Waals surface area (Å²) in [5.41, 5.74) is 1.85. The molecule has 0 unspecified atom stereocenters. The second-order valence-corrected chi connectivity index (χ2v) is 13.4. The van der Waals surface area contributed by atoms with Crippen molar-refractivity contribution in [3.05, 3.63) is 87.9 Å². The number of hydrogen-bond donors (Lipinski definition) is 1. The minimum Gasteiger partial charge on any atom is -0.497 e. The molecular formula is C32H37Cl2N3O5S. The zero-order chi connectivity index (χ0) is 31.1. The van der Waals surface area contributed by atoms with Crippen molar-refractivity contribution in [1.82, 2.24) is 10.2 Å². The lowest BCUT2D eigenvalue weighted by Gasteiger charge is -2.34. The fourth-order valence-electron chi connectivity index (χ4n) is 5.24. The number of carbonyl (C=O) groups excluding carboxylic acids is 2. The number of aryl methyl sites for hydroxylation is 1. The van der Waals surface area contributed by atoms with Crippen LogP contribution in [0.2, 0.25) is 10.0 Å². The Balaban J connectivity index is 1.73. The quantitative estimate of drug-likeness (QED) is 0.247. The van der Waals surface area contributed by atoms with E-state index in [9.17, 15) is 18.0 Å². The van der Waals surface area contributed by atoms with Crippen molar-refractivity contribution < 1.29 is 22.7 Å². The molecule has 0 bridgehead atoms. The highest BCUT2D eigenvalue weighted by Crippen LogP contribution is 2.28. The molecule has 1 fully saturated rings. The van der Waals surface area contributed by atoms with E-state index in [4.69, 9.17) is 27.9 Å². The van der Waals surface area contributed by atoms with Gasteiger partial charge in [0.25, 0.3) is 10.0 Å². The first-order valence-electron chi connectivity index (χ1n) is 14.3. The molecule has 1 atom stereocenters. The third-order valence-corrected chi connectivity index (χ3v) is 10.2. The van der Waals surface area contributed by atoms with Crippen LogP contribution >= 0.6 is 23.2 Å². The van der Waals surface area contributed by atoms with Crippen LogP contribution in [0.3, 0.4) is 0 Å². The predicted octanol–water partition coefficient (Wildman–Crippen LogP) is 6.37. The summed E-state index contributed by atoms with van der Waals surface area (Å²) in [6.07, 6.45) is 4.20.